The second-order valence-corrected chi connectivity index (χ2v) is 7.86. The zero-order valence-corrected chi connectivity index (χ0v) is 17.4. The molecule has 150 valence electrons. The molecule has 1 fully saturated rings. The molecule has 0 amide bonds. The zero-order chi connectivity index (χ0) is 20.5. The Morgan fingerprint density at radius 1 is 1.03 bits per heavy atom. The van der Waals surface area contributed by atoms with Crippen LogP contribution in [-0.2, 0) is 6.54 Å². The minimum absolute atomic E-state index is 0.0416. The van der Waals surface area contributed by atoms with E-state index in [1.807, 2.05) is 36.5 Å². The molecular weight excluding hydrogens is 392 g/mol. The van der Waals surface area contributed by atoms with Gasteiger partial charge in [-0.2, -0.15) is 0 Å². The Morgan fingerprint density at radius 2 is 1.90 bits per heavy atom. The van der Waals surface area contributed by atoms with Crippen molar-refractivity contribution >= 4 is 23.0 Å². The van der Waals surface area contributed by atoms with E-state index in [0.29, 0.717) is 11.7 Å². The number of pyridine rings is 1. The van der Waals surface area contributed by atoms with Gasteiger partial charge >= 0.3 is 0 Å². The average Bonchev–Trinajstić information content (AvgIpc) is 3.50. The van der Waals surface area contributed by atoms with E-state index in [1.54, 1.807) is 6.26 Å². The van der Waals surface area contributed by atoms with Crippen molar-refractivity contribution in [2.45, 2.75) is 25.6 Å². The highest BCUT2D eigenvalue weighted by molar-refractivity contribution is 7.80. The highest BCUT2D eigenvalue weighted by atomic mass is 32.1. The fourth-order valence-corrected chi connectivity index (χ4v) is 4.39. The minimum atomic E-state index is -0.0646. The molecule has 4 aromatic rings. The van der Waals surface area contributed by atoms with Crippen LogP contribution in [0.4, 0.5) is 5.69 Å². The second kappa shape index (κ2) is 7.80. The molecule has 4 heterocycles. The van der Waals surface area contributed by atoms with E-state index in [1.165, 1.54) is 5.56 Å². The molecule has 6 heteroatoms. The Kier molecular flexibility index (Phi) is 4.85. The van der Waals surface area contributed by atoms with E-state index in [-0.39, 0.29) is 12.1 Å². The molecule has 1 N–H and O–H groups in total. The van der Waals surface area contributed by atoms with Crippen LogP contribution in [0.5, 0.6) is 0 Å². The molecule has 0 saturated carbocycles. The maximum atomic E-state index is 5.80. The van der Waals surface area contributed by atoms with E-state index in [9.17, 15) is 0 Å². The van der Waals surface area contributed by atoms with Crippen molar-refractivity contribution < 1.29 is 4.42 Å². The predicted molar refractivity (Wildman–Crippen MR) is 121 cm³/mol. The van der Waals surface area contributed by atoms with Crippen LogP contribution >= 0.6 is 12.2 Å². The first-order valence-corrected chi connectivity index (χ1v) is 10.4. The lowest BCUT2D eigenvalue weighted by atomic mass is 10.0. The van der Waals surface area contributed by atoms with Gasteiger partial charge in [0.1, 0.15) is 11.8 Å². The number of thiocarbonyl (C=S) groups is 1. The molecule has 0 unspecified atom stereocenters. The molecular formula is C24H22N4OS. The molecule has 0 spiro atoms. The summed E-state index contributed by atoms with van der Waals surface area (Å²) in [5.41, 5.74) is 4.39. The standard InChI is InChI=1S/C24H22N4OS/c1-17-9-11-18(12-10-17)28-23(22(26-24(28)30)20-7-2-3-13-25-20)21-8-4-14-27(21)16-19-6-5-15-29-19/h2-15,22-23H,16H2,1H3,(H,26,30)/t22-,23+/m0/s1. The van der Waals surface area contributed by atoms with E-state index in [0.717, 1.165) is 22.8 Å². The summed E-state index contributed by atoms with van der Waals surface area (Å²) < 4.78 is 7.81. The molecule has 0 radical (unpaired) electrons. The first kappa shape index (κ1) is 18.6. The van der Waals surface area contributed by atoms with Gasteiger partial charge in [-0.25, -0.2) is 0 Å². The lowest BCUT2D eigenvalue weighted by Gasteiger charge is -2.29. The van der Waals surface area contributed by atoms with Gasteiger partial charge in [0.15, 0.2) is 5.11 Å². The molecule has 5 rings (SSSR count). The molecule has 30 heavy (non-hydrogen) atoms. The third-order valence-electron chi connectivity index (χ3n) is 5.48. The van der Waals surface area contributed by atoms with Crippen LogP contribution in [0.25, 0.3) is 0 Å². The number of anilines is 1. The summed E-state index contributed by atoms with van der Waals surface area (Å²) in [5.74, 6) is 0.914. The Balaban J connectivity index is 1.60. The van der Waals surface area contributed by atoms with Crippen LogP contribution in [0.1, 0.15) is 34.8 Å². The fraction of sp³-hybridized carbons (Fsp3) is 0.167. The molecule has 0 aliphatic carbocycles. The monoisotopic (exact) mass is 414 g/mol. The lowest BCUT2D eigenvalue weighted by Crippen LogP contribution is -2.30. The summed E-state index contributed by atoms with van der Waals surface area (Å²) in [5, 5.41) is 4.22. The SMILES string of the molecule is Cc1ccc(N2C(=S)N[C@@H](c3ccccn3)[C@H]2c2cccn2Cc2ccco2)cc1. The van der Waals surface area contributed by atoms with E-state index < -0.39 is 0 Å². The van der Waals surface area contributed by atoms with Crippen molar-refractivity contribution in [1.29, 1.82) is 0 Å². The Morgan fingerprint density at radius 3 is 2.63 bits per heavy atom. The molecule has 1 saturated heterocycles. The summed E-state index contributed by atoms with van der Waals surface area (Å²) in [7, 11) is 0. The lowest BCUT2D eigenvalue weighted by molar-refractivity contribution is 0.475. The number of hydrogen-bond acceptors (Lipinski definition) is 3. The Hall–Kier alpha value is -3.38. The van der Waals surface area contributed by atoms with Crippen LogP contribution < -0.4 is 10.2 Å². The number of aromatic nitrogens is 2. The van der Waals surface area contributed by atoms with E-state index >= 15 is 0 Å². The largest absolute Gasteiger partial charge is 0.467 e. The number of benzene rings is 1. The van der Waals surface area contributed by atoms with Gasteiger partial charge in [-0.3, -0.25) is 4.98 Å². The number of furan rings is 1. The maximum Gasteiger partial charge on any atom is 0.174 e. The maximum absolute atomic E-state index is 5.80. The molecule has 1 aliphatic heterocycles. The van der Waals surface area contributed by atoms with Gasteiger partial charge in [-0.1, -0.05) is 23.8 Å². The third kappa shape index (κ3) is 3.39. The van der Waals surface area contributed by atoms with Crippen molar-refractivity contribution in [2.75, 3.05) is 4.90 Å². The molecule has 5 nitrogen and oxygen atoms in total. The van der Waals surface area contributed by atoms with Crippen LogP contribution in [0.2, 0.25) is 0 Å². The van der Waals surface area contributed by atoms with Crippen LogP contribution in [0.3, 0.4) is 0 Å². The summed E-state index contributed by atoms with van der Waals surface area (Å²) in [4.78, 5) is 6.82. The summed E-state index contributed by atoms with van der Waals surface area (Å²) in [6.45, 7) is 2.75. The molecule has 1 aromatic carbocycles. The van der Waals surface area contributed by atoms with Gasteiger partial charge in [-0.05, 0) is 67.7 Å². The second-order valence-electron chi connectivity index (χ2n) is 7.47. The topological polar surface area (TPSA) is 46.2 Å². The molecule has 1 aliphatic rings. The summed E-state index contributed by atoms with van der Waals surface area (Å²) in [6.07, 6.45) is 5.62. The number of aryl methyl sites for hydroxylation is 1. The van der Waals surface area contributed by atoms with Gasteiger partial charge < -0.3 is 19.2 Å². The number of rotatable bonds is 5. The van der Waals surface area contributed by atoms with Gasteiger partial charge in [0.05, 0.1) is 24.5 Å². The number of nitrogens with zero attached hydrogens (tertiary/aromatic N) is 3. The number of hydrogen-bond donors (Lipinski definition) is 1. The summed E-state index contributed by atoms with van der Waals surface area (Å²) in [6, 6.07) is 22.5. The Bertz CT molecular complexity index is 1140. The normalized spacial score (nSPS) is 18.6. The fourth-order valence-electron chi connectivity index (χ4n) is 4.05. The van der Waals surface area contributed by atoms with Gasteiger partial charge in [-0.15, -0.1) is 0 Å². The third-order valence-corrected chi connectivity index (χ3v) is 5.80. The highest BCUT2D eigenvalue weighted by Gasteiger charge is 2.42. The smallest absolute Gasteiger partial charge is 0.174 e. The van der Waals surface area contributed by atoms with Gasteiger partial charge in [0.25, 0.3) is 0 Å². The van der Waals surface area contributed by atoms with Crippen molar-refractivity contribution in [1.82, 2.24) is 14.9 Å². The van der Waals surface area contributed by atoms with Crippen molar-refractivity contribution in [3.8, 4) is 0 Å². The minimum Gasteiger partial charge on any atom is -0.467 e. The summed E-state index contributed by atoms with van der Waals surface area (Å²) >= 11 is 5.80. The van der Waals surface area contributed by atoms with Crippen molar-refractivity contribution in [3.63, 3.8) is 0 Å². The van der Waals surface area contributed by atoms with Gasteiger partial charge in [0, 0.05) is 23.8 Å². The average molecular weight is 415 g/mol. The van der Waals surface area contributed by atoms with Gasteiger partial charge in [0.2, 0.25) is 0 Å². The van der Waals surface area contributed by atoms with Crippen molar-refractivity contribution in [2.24, 2.45) is 0 Å². The van der Waals surface area contributed by atoms with Crippen LogP contribution in [-0.4, -0.2) is 14.7 Å². The highest BCUT2D eigenvalue weighted by Crippen LogP contribution is 2.41. The predicted octanol–water partition coefficient (Wildman–Crippen LogP) is 5.01. The van der Waals surface area contributed by atoms with Crippen LogP contribution in [0.15, 0.2) is 89.8 Å². The van der Waals surface area contributed by atoms with Crippen LogP contribution in [0, 0.1) is 6.92 Å². The van der Waals surface area contributed by atoms with Crippen molar-refractivity contribution in [3.05, 3.63) is 108 Å². The molecule has 3 aromatic heterocycles. The first-order chi connectivity index (χ1) is 14.7. The molecule has 0 bridgehead atoms. The zero-order valence-electron chi connectivity index (χ0n) is 16.6. The Labute approximate surface area is 181 Å². The quantitative estimate of drug-likeness (QED) is 0.465. The molecule has 2 atom stereocenters. The first-order valence-electron chi connectivity index (χ1n) is 9.95. The van der Waals surface area contributed by atoms with E-state index in [2.05, 4.69) is 69.3 Å². The number of nitrogens with one attached hydrogen (secondary N) is 1. The van der Waals surface area contributed by atoms with E-state index in [4.69, 9.17) is 16.6 Å².